The second-order valence-corrected chi connectivity index (χ2v) is 7.55. The van der Waals surface area contributed by atoms with Gasteiger partial charge in [0.05, 0.1) is 10.7 Å². The molecule has 128 valence electrons. The molecule has 0 atom stereocenters. The Morgan fingerprint density at radius 2 is 1.88 bits per heavy atom. The SMILES string of the molecule is O=C(c1ccc(Cl)c(N2CCNC2=O)c1)N(CC1CC1)CC1CC1. The van der Waals surface area contributed by atoms with Crippen LogP contribution in [0.1, 0.15) is 36.0 Å². The Kier molecular flexibility index (Phi) is 4.12. The topological polar surface area (TPSA) is 52.7 Å². The van der Waals surface area contributed by atoms with Crippen LogP contribution in [0.15, 0.2) is 18.2 Å². The lowest BCUT2D eigenvalue weighted by molar-refractivity contribution is 0.0739. The van der Waals surface area contributed by atoms with Gasteiger partial charge < -0.3 is 10.2 Å². The summed E-state index contributed by atoms with van der Waals surface area (Å²) in [5.41, 5.74) is 1.24. The van der Waals surface area contributed by atoms with E-state index < -0.39 is 0 Å². The maximum Gasteiger partial charge on any atom is 0.322 e. The van der Waals surface area contributed by atoms with E-state index in [2.05, 4.69) is 5.32 Å². The van der Waals surface area contributed by atoms with Crippen LogP contribution in [0.25, 0.3) is 0 Å². The summed E-state index contributed by atoms with van der Waals surface area (Å²) in [7, 11) is 0. The largest absolute Gasteiger partial charge is 0.338 e. The van der Waals surface area contributed by atoms with Crippen molar-refractivity contribution in [3.63, 3.8) is 0 Å². The molecule has 6 heteroatoms. The van der Waals surface area contributed by atoms with Gasteiger partial charge >= 0.3 is 6.03 Å². The van der Waals surface area contributed by atoms with Gasteiger partial charge in [-0.3, -0.25) is 9.69 Å². The van der Waals surface area contributed by atoms with Gasteiger partial charge in [0, 0.05) is 31.7 Å². The molecule has 0 aromatic heterocycles. The quantitative estimate of drug-likeness (QED) is 0.859. The first-order chi connectivity index (χ1) is 11.6. The Labute approximate surface area is 146 Å². The third kappa shape index (κ3) is 3.36. The van der Waals surface area contributed by atoms with Crippen molar-refractivity contribution >= 4 is 29.2 Å². The number of carbonyl (C=O) groups excluding carboxylic acids is 2. The number of urea groups is 1. The fourth-order valence-corrected chi connectivity index (χ4v) is 3.42. The fourth-order valence-electron chi connectivity index (χ4n) is 3.20. The van der Waals surface area contributed by atoms with E-state index in [1.165, 1.54) is 25.7 Å². The van der Waals surface area contributed by atoms with E-state index in [0.29, 0.717) is 41.2 Å². The molecule has 2 saturated carbocycles. The van der Waals surface area contributed by atoms with E-state index in [1.807, 2.05) is 4.90 Å². The van der Waals surface area contributed by atoms with E-state index in [4.69, 9.17) is 11.6 Å². The Morgan fingerprint density at radius 1 is 1.21 bits per heavy atom. The molecule has 1 aromatic rings. The maximum absolute atomic E-state index is 13.0. The third-order valence-corrected chi connectivity index (χ3v) is 5.30. The lowest BCUT2D eigenvalue weighted by Crippen LogP contribution is -2.35. The summed E-state index contributed by atoms with van der Waals surface area (Å²) in [5, 5.41) is 3.27. The molecule has 3 amide bonds. The number of amides is 3. The zero-order valence-corrected chi connectivity index (χ0v) is 14.4. The van der Waals surface area contributed by atoms with Gasteiger partial charge in [-0.1, -0.05) is 11.6 Å². The maximum atomic E-state index is 13.0. The molecule has 5 nitrogen and oxygen atoms in total. The number of halogens is 1. The lowest BCUT2D eigenvalue weighted by atomic mass is 10.1. The van der Waals surface area contributed by atoms with Crippen molar-refractivity contribution in [3.05, 3.63) is 28.8 Å². The summed E-state index contributed by atoms with van der Waals surface area (Å²) in [6.45, 7) is 2.89. The van der Waals surface area contributed by atoms with Gasteiger partial charge in [0.15, 0.2) is 0 Å². The summed E-state index contributed by atoms with van der Waals surface area (Å²) in [6.07, 6.45) is 4.92. The van der Waals surface area contributed by atoms with Crippen LogP contribution in [0.4, 0.5) is 10.5 Å². The molecule has 1 N–H and O–H groups in total. The Bertz CT molecular complexity index is 656. The average Bonchev–Trinajstić information content (AvgIpc) is 3.49. The second-order valence-electron chi connectivity index (χ2n) is 7.15. The van der Waals surface area contributed by atoms with Crippen molar-refractivity contribution in [2.75, 3.05) is 31.1 Å². The van der Waals surface area contributed by atoms with Gasteiger partial charge in [-0.05, 0) is 55.7 Å². The lowest BCUT2D eigenvalue weighted by Gasteiger charge is -2.24. The molecular formula is C18H22ClN3O2. The normalized spacial score (nSPS) is 20.2. The fraction of sp³-hybridized carbons (Fsp3) is 0.556. The van der Waals surface area contributed by atoms with Crippen molar-refractivity contribution < 1.29 is 9.59 Å². The first kappa shape index (κ1) is 15.8. The molecule has 3 aliphatic rings. The van der Waals surface area contributed by atoms with Crippen molar-refractivity contribution in [3.8, 4) is 0 Å². The first-order valence-corrected chi connectivity index (χ1v) is 9.14. The predicted octanol–water partition coefficient (Wildman–Crippen LogP) is 3.13. The van der Waals surface area contributed by atoms with Gasteiger partial charge in [-0.25, -0.2) is 4.79 Å². The Balaban J connectivity index is 1.56. The van der Waals surface area contributed by atoms with Gasteiger partial charge in [0.25, 0.3) is 5.91 Å². The Hall–Kier alpha value is -1.75. The molecule has 1 aliphatic heterocycles. The molecule has 0 bridgehead atoms. The number of nitrogens with zero attached hydrogens (tertiary/aromatic N) is 2. The highest BCUT2D eigenvalue weighted by Gasteiger charge is 2.32. The van der Waals surface area contributed by atoms with Crippen LogP contribution < -0.4 is 10.2 Å². The molecule has 0 spiro atoms. The van der Waals surface area contributed by atoms with Gasteiger partial charge in [0.2, 0.25) is 0 Å². The molecule has 2 aliphatic carbocycles. The number of anilines is 1. The number of benzene rings is 1. The number of carbonyl (C=O) groups is 2. The van der Waals surface area contributed by atoms with E-state index in [0.717, 1.165) is 13.1 Å². The summed E-state index contributed by atoms with van der Waals surface area (Å²) in [4.78, 5) is 28.5. The molecule has 1 saturated heterocycles. The summed E-state index contributed by atoms with van der Waals surface area (Å²) >= 11 is 6.27. The van der Waals surface area contributed by atoms with Crippen LogP contribution in [-0.4, -0.2) is 43.0 Å². The molecule has 3 fully saturated rings. The highest BCUT2D eigenvalue weighted by molar-refractivity contribution is 6.34. The zero-order valence-electron chi connectivity index (χ0n) is 13.6. The first-order valence-electron chi connectivity index (χ1n) is 8.76. The summed E-state index contributed by atoms with van der Waals surface area (Å²) in [6, 6.07) is 5.11. The monoisotopic (exact) mass is 347 g/mol. The Morgan fingerprint density at radius 3 is 2.42 bits per heavy atom. The molecule has 4 rings (SSSR count). The van der Waals surface area contributed by atoms with Crippen molar-refractivity contribution in [1.29, 1.82) is 0 Å². The van der Waals surface area contributed by atoms with Crippen LogP contribution in [0.2, 0.25) is 5.02 Å². The molecule has 0 radical (unpaired) electrons. The molecule has 0 unspecified atom stereocenters. The van der Waals surface area contributed by atoms with Crippen LogP contribution in [0.3, 0.4) is 0 Å². The highest BCUT2D eigenvalue weighted by atomic mass is 35.5. The highest BCUT2D eigenvalue weighted by Crippen LogP contribution is 2.35. The van der Waals surface area contributed by atoms with Crippen LogP contribution in [0, 0.1) is 11.8 Å². The summed E-state index contributed by atoms with van der Waals surface area (Å²) in [5.74, 6) is 1.40. The standard InChI is InChI=1S/C18H22ClN3O2/c19-15-6-5-14(9-16(15)22-8-7-20-18(22)24)17(23)21(10-12-1-2-12)11-13-3-4-13/h5-6,9,12-13H,1-4,7-8,10-11H2,(H,20,24). The van der Waals surface area contributed by atoms with Gasteiger partial charge in [0.1, 0.15) is 0 Å². The zero-order chi connectivity index (χ0) is 16.7. The van der Waals surface area contributed by atoms with Crippen molar-refractivity contribution in [2.24, 2.45) is 11.8 Å². The molecule has 1 heterocycles. The number of hydrogen-bond donors (Lipinski definition) is 1. The van der Waals surface area contributed by atoms with Gasteiger partial charge in [-0.2, -0.15) is 0 Å². The van der Waals surface area contributed by atoms with E-state index in [9.17, 15) is 9.59 Å². The molecule has 24 heavy (non-hydrogen) atoms. The third-order valence-electron chi connectivity index (χ3n) is 4.98. The second kappa shape index (κ2) is 6.28. The van der Waals surface area contributed by atoms with Crippen molar-refractivity contribution in [2.45, 2.75) is 25.7 Å². The molecule has 1 aromatic carbocycles. The minimum Gasteiger partial charge on any atom is -0.338 e. The van der Waals surface area contributed by atoms with E-state index >= 15 is 0 Å². The van der Waals surface area contributed by atoms with E-state index in [1.54, 1.807) is 23.1 Å². The molecular weight excluding hydrogens is 326 g/mol. The predicted molar refractivity (Wildman–Crippen MR) is 93.5 cm³/mol. The van der Waals surface area contributed by atoms with Crippen LogP contribution >= 0.6 is 11.6 Å². The van der Waals surface area contributed by atoms with Gasteiger partial charge in [-0.15, -0.1) is 0 Å². The van der Waals surface area contributed by atoms with Crippen molar-refractivity contribution in [1.82, 2.24) is 10.2 Å². The minimum atomic E-state index is -0.158. The average molecular weight is 348 g/mol. The number of hydrogen-bond acceptors (Lipinski definition) is 2. The van der Waals surface area contributed by atoms with E-state index in [-0.39, 0.29) is 11.9 Å². The minimum absolute atomic E-state index is 0.0614. The number of rotatable bonds is 6. The smallest absolute Gasteiger partial charge is 0.322 e. The van der Waals surface area contributed by atoms with Crippen LogP contribution in [0.5, 0.6) is 0 Å². The number of nitrogens with one attached hydrogen (secondary N) is 1. The van der Waals surface area contributed by atoms with Crippen LogP contribution in [-0.2, 0) is 0 Å². The summed E-state index contributed by atoms with van der Waals surface area (Å²) < 4.78 is 0.